The van der Waals surface area contributed by atoms with Crippen molar-refractivity contribution in [3.05, 3.63) is 45.7 Å². The summed E-state index contributed by atoms with van der Waals surface area (Å²) in [6, 6.07) is 6.15. The Morgan fingerprint density at radius 3 is 2.55 bits per heavy atom. The summed E-state index contributed by atoms with van der Waals surface area (Å²) < 4.78 is 1.98. The number of benzene rings is 1. The Morgan fingerprint density at radius 1 is 1.25 bits per heavy atom. The molecule has 2 aromatic rings. The fourth-order valence-electron chi connectivity index (χ4n) is 2.51. The molecule has 0 radical (unpaired) electrons. The molecule has 108 valence electrons. The fraction of sp³-hybridized carbons (Fsp3) is 0.438. The van der Waals surface area contributed by atoms with Crippen LogP contribution in [0.15, 0.2) is 18.2 Å². The molecule has 1 aromatic carbocycles. The minimum Gasteiger partial charge on any atom is -0.313 e. The lowest BCUT2D eigenvalue weighted by atomic mass is 10.1. The third-order valence-corrected chi connectivity index (χ3v) is 3.99. The van der Waals surface area contributed by atoms with E-state index in [1.54, 1.807) is 0 Å². The highest BCUT2D eigenvalue weighted by atomic mass is 35.5. The molecule has 0 atom stereocenters. The number of rotatable bonds is 5. The number of aryl methyl sites for hydroxylation is 1. The van der Waals surface area contributed by atoms with E-state index in [-0.39, 0.29) is 0 Å². The largest absolute Gasteiger partial charge is 0.313 e. The summed E-state index contributed by atoms with van der Waals surface area (Å²) in [6.45, 7) is 10.2. The van der Waals surface area contributed by atoms with Gasteiger partial charge in [-0.15, -0.1) is 0 Å². The highest BCUT2D eigenvalue weighted by molar-refractivity contribution is 6.31. The Morgan fingerprint density at radius 2 is 2.00 bits per heavy atom. The third-order valence-electron chi connectivity index (χ3n) is 3.64. The second-order valence-electron chi connectivity index (χ2n) is 4.97. The van der Waals surface area contributed by atoms with E-state index in [0.717, 1.165) is 41.5 Å². The predicted molar refractivity (Wildman–Crippen MR) is 84.8 cm³/mol. The maximum atomic E-state index is 6.37. The maximum Gasteiger partial charge on any atom is 0.0663 e. The molecule has 0 bridgehead atoms. The Labute approximate surface area is 126 Å². The van der Waals surface area contributed by atoms with E-state index in [9.17, 15) is 0 Å². The van der Waals surface area contributed by atoms with Crippen LogP contribution in [0.3, 0.4) is 0 Å². The van der Waals surface area contributed by atoms with Crippen molar-refractivity contribution in [1.29, 1.82) is 0 Å². The van der Waals surface area contributed by atoms with Crippen molar-refractivity contribution in [2.45, 2.75) is 40.7 Å². The zero-order valence-corrected chi connectivity index (χ0v) is 13.4. The normalized spacial score (nSPS) is 11.1. The molecule has 0 amide bonds. The van der Waals surface area contributed by atoms with Crippen LogP contribution >= 0.6 is 11.6 Å². The van der Waals surface area contributed by atoms with Crippen molar-refractivity contribution in [2.75, 3.05) is 6.54 Å². The molecule has 2 rings (SSSR count). The van der Waals surface area contributed by atoms with Crippen molar-refractivity contribution in [1.82, 2.24) is 15.1 Å². The van der Waals surface area contributed by atoms with Crippen LogP contribution in [0.25, 0.3) is 5.69 Å². The lowest BCUT2D eigenvalue weighted by Crippen LogP contribution is -2.12. The number of halogens is 1. The Balaban J connectivity index is 2.37. The molecule has 1 N–H and O–H groups in total. The van der Waals surface area contributed by atoms with Gasteiger partial charge in [-0.2, -0.15) is 5.10 Å². The summed E-state index contributed by atoms with van der Waals surface area (Å²) in [5.41, 5.74) is 5.75. The van der Waals surface area contributed by atoms with Gasteiger partial charge in [0.25, 0.3) is 0 Å². The van der Waals surface area contributed by atoms with Crippen LogP contribution in [0.5, 0.6) is 0 Å². The van der Waals surface area contributed by atoms with Gasteiger partial charge >= 0.3 is 0 Å². The molecule has 0 aliphatic heterocycles. The second-order valence-corrected chi connectivity index (χ2v) is 5.38. The van der Waals surface area contributed by atoms with E-state index >= 15 is 0 Å². The van der Waals surface area contributed by atoms with Crippen LogP contribution in [0.4, 0.5) is 0 Å². The first kappa shape index (κ1) is 15.1. The lowest BCUT2D eigenvalue weighted by molar-refractivity contribution is 0.726. The number of aromatic nitrogens is 2. The molecule has 1 heterocycles. The summed E-state index contributed by atoms with van der Waals surface area (Å²) in [5.74, 6) is 0. The SMILES string of the molecule is CCNCc1ccc(-n2nc(C)c(CC)c2C)cc1Cl. The van der Waals surface area contributed by atoms with Gasteiger partial charge in [-0.1, -0.05) is 31.5 Å². The second kappa shape index (κ2) is 6.42. The van der Waals surface area contributed by atoms with Crippen LogP contribution in [-0.2, 0) is 13.0 Å². The van der Waals surface area contributed by atoms with Crippen molar-refractivity contribution in [3.63, 3.8) is 0 Å². The van der Waals surface area contributed by atoms with Crippen molar-refractivity contribution in [2.24, 2.45) is 0 Å². The third kappa shape index (κ3) is 2.89. The van der Waals surface area contributed by atoms with Gasteiger partial charge in [-0.3, -0.25) is 0 Å². The number of nitrogens with zero attached hydrogens (tertiary/aromatic N) is 2. The molecule has 0 saturated carbocycles. The maximum absolute atomic E-state index is 6.37. The van der Waals surface area contributed by atoms with E-state index in [4.69, 9.17) is 11.6 Å². The summed E-state index contributed by atoms with van der Waals surface area (Å²) in [7, 11) is 0. The summed E-state index contributed by atoms with van der Waals surface area (Å²) in [4.78, 5) is 0. The molecular weight excluding hydrogens is 270 g/mol. The highest BCUT2D eigenvalue weighted by Crippen LogP contribution is 2.23. The fourth-order valence-corrected chi connectivity index (χ4v) is 2.75. The van der Waals surface area contributed by atoms with Crippen molar-refractivity contribution in [3.8, 4) is 5.69 Å². The van der Waals surface area contributed by atoms with Gasteiger partial charge < -0.3 is 5.32 Å². The van der Waals surface area contributed by atoms with Gasteiger partial charge in [0.2, 0.25) is 0 Å². The Kier molecular flexibility index (Phi) is 4.84. The molecule has 0 aliphatic carbocycles. The summed E-state index contributed by atoms with van der Waals surface area (Å²) in [6.07, 6.45) is 1.00. The topological polar surface area (TPSA) is 29.9 Å². The van der Waals surface area contributed by atoms with E-state index in [0.29, 0.717) is 0 Å². The van der Waals surface area contributed by atoms with Crippen LogP contribution in [0, 0.1) is 13.8 Å². The minimum absolute atomic E-state index is 0.786. The molecule has 0 spiro atoms. The lowest BCUT2D eigenvalue weighted by Gasteiger charge is -2.09. The first-order chi connectivity index (χ1) is 9.58. The van der Waals surface area contributed by atoms with Gasteiger partial charge in [-0.25, -0.2) is 4.68 Å². The Hall–Kier alpha value is -1.32. The number of hydrogen-bond acceptors (Lipinski definition) is 2. The monoisotopic (exact) mass is 291 g/mol. The molecule has 0 fully saturated rings. The van der Waals surface area contributed by atoms with E-state index in [2.05, 4.69) is 50.2 Å². The Bertz CT molecular complexity index is 602. The van der Waals surface area contributed by atoms with Crippen LogP contribution in [0.2, 0.25) is 5.02 Å². The number of nitrogens with one attached hydrogen (secondary N) is 1. The molecule has 1 aromatic heterocycles. The first-order valence-electron chi connectivity index (χ1n) is 7.13. The van der Waals surface area contributed by atoms with Gasteiger partial charge in [0, 0.05) is 17.3 Å². The standard InChI is InChI=1S/C16H22ClN3/c1-5-15-11(3)19-20(12(15)4)14-8-7-13(10-18-6-2)16(17)9-14/h7-9,18H,5-6,10H2,1-4H3. The van der Waals surface area contributed by atoms with Crippen LogP contribution < -0.4 is 5.32 Å². The van der Waals surface area contributed by atoms with Gasteiger partial charge in [0.05, 0.1) is 11.4 Å². The molecule has 4 heteroatoms. The van der Waals surface area contributed by atoms with Gasteiger partial charge in [0.15, 0.2) is 0 Å². The number of hydrogen-bond donors (Lipinski definition) is 1. The average molecular weight is 292 g/mol. The average Bonchev–Trinajstić information content (AvgIpc) is 2.72. The van der Waals surface area contributed by atoms with Crippen molar-refractivity contribution < 1.29 is 0 Å². The van der Waals surface area contributed by atoms with E-state index in [1.807, 2.05) is 10.7 Å². The molecule has 0 aliphatic rings. The zero-order chi connectivity index (χ0) is 14.7. The molecular formula is C16H22ClN3. The molecule has 0 saturated heterocycles. The van der Waals surface area contributed by atoms with Gasteiger partial charge in [-0.05, 0) is 50.1 Å². The molecule has 0 unspecified atom stereocenters. The summed E-state index contributed by atoms with van der Waals surface area (Å²) >= 11 is 6.37. The summed E-state index contributed by atoms with van der Waals surface area (Å²) in [5, 5.41) is 8.70. The first-order valence-corrected chi connectivity index (χ1v) is 7.50. The molecule has 20 heavy (non-hydrogen) atoms. The van der Waals surface area contributed by atoms with E-state index < -0.39 is 0 Å². The highest BCUT2D eigenvalue weighted by Gasteiger charge is 2.12. The molecule has 3 nitrogen and oxygen atoms in total. The minimum atomic E-state index is 0.786. The van der Waals surface area contributed by atoms with Gasteiger partial charge in [0.1, 0.15) is 0 Å². The zero-order valence-electron chi connectivity index (χ0n) is 12.6. The van der Waals surface area contributed by atoms with Crippen LogP contribution in [-0.4, -0.2) is 16.3 Å². The van der Waals surface area contributed by atoms with Crippen molar-refractivity contribution >= 4 is 11.6 Å². The smallest absolute Gasteiger partial charge is 0.0663 e. The van der Waals surface area contributed by atoms with Crippen LogP contribution in [0.1, 0.15) is 36.4 Å². The van der Waals surface area contributed by atoms with E-state index in [1.165, 1.54) is 11.3 Å². The predicted octanol–water partition coefficient (Wildman–Crippen LogP) is 3.81. The quantitative estimate of drug-likeness (QED) is 0.908.